The molecule has 4 nitrogen and oxygen atoms in total. The summed E-state index contributed by atoms with van der Waals surface area (Å²) in [5.74, 6) is -0.737. The van der Waals surface area contributed by atoms with Crippen LogP contribution in [0.3, 0.4) is 0 Å². The third-order valence-electron chi connectivity index (χ3n) is 3.39. The van der Waals surface area contributed by atoms with Gasteiger partial charge in [0.15, 0.2) is 11.6 Å². The molecule has 2 N–H and O–H groups in total. The van der Waals surface area contributed by atoms with Gasteiger partial charge in [0.25, 0.3) is 0 Å². The minimum Gasteiger partial charge on any atom is -0.494 e. The standard InChI is InChI=1S/C16H24FNO3/c1-4-5-14(16(19)20)18-10-11(2)8-12-6-7-15(21-3)13(17)9-12/h6-7,9,11,14,18H,4-5,8,10H2,1-3H3,(H,19,20). The van der Waals surface area contributed by atoms with E-state index in [1.54, 1.807) is 6.07 Å². The van der Waals surface area contributed by atoms with E-state index in [0.29, 0.717) is 19.4 Å². The average Bonchev–Trinajstić information content (AvgIpc) is 2.43. The number of ether oxygens (including phenoxy) is 1. The number of aliphatic carboxylic acids is 1. The Labute approximate surface area is 125 Å². The Morgan fingerprint density at radius 3 is 2.71 bits per heavy atom. The molecule has 21 heavy (non-hydrogen) atoms. The van der Waals surface area contributed by atoms with Crippen LogP contribution in [0, 0.1) is 11.7 Å². The van der Waals surface area contributed by atoms with Crippen LogP contribution >= 0.6 is 0 Å². The molecule has 0 aliphatic heterocycles. The fourth-order valence-electron chi connectivity index (χ4n) is 2.26. The van der Waals surface area contributed by atoms with Crippen molar-refractivity contribution in [2.75, 3.05) is 13.7 Å². The van der Waals surface area contributed by atoms with Gasteiger partial charge in [-0.25, -0.2) is 4.39 Å². The van der Waals surface area contributed by atoms with Crippen LogP contribution in [-0.2, 0) is 11.2 Å². The summed E-state index contributed by atoms with van der Waals surface area (Å²) >= 11 is 0. The van der Waals surface area contributed by atoms with Crippen molar-refractivity contribution in [1.29, 1.82) is 0 Å². The summed E-state index contributed by atoms with van der Waals surface area (Å²) < 4.78 is 18.5. The Hall–Kier alpha value is -1.62. The number of halogens is 1. The molecule has 0 fully saturated rings. The predicted octanol–water partition coefficient (Wildman–Crippen LogP) is 2.86. The van der Waals surface area contributed by atoms with Crippen LogP contribution in [0.2, 0.25) is 0 Å². The largest absolute Gasteiger partial charge is 0.494 e. The molecule has 1 rings (SSSR count). The SMILES string of the molecule is CCCC(NCC(C)Cc1ccc(OC)c(F)c1)C(=O)O. The summed E-state index contributed by atoms with van der Waals surface area (Å²) in [6, 6.07) is 4.40. The highest BCUT2D eigenvalue weighted by molar-refractivity contribution is 5.73. The van der Waals surface area contributed by atoms with Crippen LogP contribution in [0.4, 0.5) is 4.39 Å². The van der Waals surface area contributed by atoms with Crippen LogP contribution in [-0.4, -0.2) is 30.8 Å². The molecule has 5 heteroatoms. The highest BCUT2D eigenvalue weighted by Gasteiger charge is 2.16. The molecule has 0 aliphatic carbocycles. The minimum absolute atomic E-state index is 0.219. The molecule has 1 aromatic rings. The first-order valence-electron chi connectivity index (χ1n) is 7.26. The van der Waals surface area contributed by atoms with Crippen LogP contribution in [0.5, 0.6) is 5.75 Å². The maximum absolute atomic E-state index is 13.6. The van der Waals surface area contributed by atoms with Crippen molar-refractivity contribution in [1.82, 2.24) is 5.32 Å². The molecule has 0 amide bonds. The van der Waals surface area contributed by atoms with Crippen molar-refractivity contribution < 1.29 is 19.0 Å². The molecular weight excluding hydrogens is 273 g/mol. The van der Waals surface area contributed by atoms with E-state index in [-0.39, 0.29) is 17.5 Å². The number of carboxylic acids is 1. The van der Waals surface area contributed by atoms with E-state index in [2.05, 4.69) is 5.32 Å². The smallest absolute Gasteiger partial charge is 0.320 e. The van der Waals surface area contributed by atoms with Gasteiger partial charge in [0, 0.05) is 0 Å². The molecular formula is C16H24FNO3. The summed E-state index contributed by atoms with van der Waals surface area (Å²) in [6.07, 6.45) is 2.12. The quantitative estimate of drug-likeness (QED) is 0.736. The van der Waals surface area contributed by atoms with Crippen molar-refractivity contribution >= 4 is 5.97 Å². The third kappa shape index (κ3) is 5.71. The topological polar surface area (TPSA) is 58.6 Å². The van der Waals surface area contributed by atoms with E-state index >= 15 is 0 Å². The van der Waals surface area contributed by atoms with Crippen LogP contribution in [0.1, 0.15) is 32.3 Å². The number of carboxylic acid groups (broad SMARTS) is 1. The van der Waals surface area contributed by atoms with Crippen molar-refractivity contribution in [3.63, 3.8) is 0 Å². The summed E-state index contributed by atoms with van der Waals surface area (Å²) in [5.41, 5.74) is 0.880. The van der Waals surface area contributed by atoms with Gasteiger partial charge in [0.05, 0.1) is 7.11 Å². The van der Waals surface area contributed by atoms with Gasteiger partial charge in [-0.1, -0.05) is 26.3 Å². The van der Waals surface area contributed by atoms with Crippen molar-refractivity contribution in [3.05, 3.63) is 29.6 Å². The monoisotopic (exact) mass is 297 g/mol. The zero-order chi connectivity index (χ0) is 15.8. The average molecular weight is 297 g/mol. The number of hydrogen-bond donors (Lipinski definition) is 2. The van der Waals surface area contributed by atoms with Crippen molar-refractivity contribution in [2.24, 2.45) is 5.92 Å². The predicted molar refractivity (Wildman–Crippen MR) is 80.2 cm³/mol. The molecule has 0 bridgehead atoms. The van der Waals surface area contributed by atoms with E-state index in [9.17, 15) is 9.18 Å². The number of hydrogen-bond acceptors (Lipinski definition) is 3. The van der Waals surface area contributed by atoms with Crippen molar-refractivity contribution in [2.45, 2.75) is 39.2 Å². The third-order valence-corrected chi connectivity index (χ3v) is 3.39. The Morgan fingerprint density at radius 2 is 2.19 bits per heavy atom. The number of benzene rings is 1. The molecule has 1 aromatic carbocycles. The number of rotatable bonds is 9. The summed E-state index contributed by atoms with van der Waals surface area (Å²) in [5, 5.41) is 12.1. The lowest BCUT2D eigenvalue weighted by atomic mass is 10.00. The molecule has 118 valence electrons. The van der Waals surface area contributed by atoms with Crippen LogP contribution in [0.25, 0.3) is 0 Å². The molecule has 2 unspecified atom stereocenters. The van der Waals surface area contributed by atoms with E-state index in [1.165, 1.54) is 13.2 Å². The molecule has 0 aromatic heterocycles. The van der Waals surface area contributed by atoms with E-state index in [1.807, 2.05) is 19.9 Å². The van der Waals surface area contributed by atoms with Gasteiger partial charge in [-0.2, -0.15) is 0 Å². The number of carbonyl (C=O) groups is 1. The van der Waals surface area contributed by atoms with Gasteiger partial charge in [0.2, 0.25) is 0 Å². The van der Waals surface area contributed by atoms with Gasteiger partial charge >= 0.3 is 5.97 Å². The van der Waals surface area contributed by atoms with Gasteiger partial charge in [-0.15, -0.1) is 0 Å². The second kappa shape index (κ2) is 8.62. The normalized spacial score (nSPS) is 13.7. The summed E-state index contributed by atoms with van der Waals surface area (Å²) in [6.45, 7) is 4.56. The van der Waals surface area contributed by atoms with E-state index in [4.69, 9.17) is 9.84 Å². The molecule has 0 saturated heterocycles. The molecule has 0 heterocycles. The molecule has 0 aliphatic rings. The molecule has 0 saturated carbocycles. The zero-order valence-electron chi connectivity index (χ0n) is 12.9. The number of nitrogens with one attached hydrogen (secondary N) is 1. The second-order valence-electron chi connectivity index (χ2n) is 5.37. The second-order valence-corrected chi connectivity index (χ2v) is 5.37. The lowest BCUT2D eigenvalue weighted by Crippen LogP contribution is -2.39. The minimum atomic E-state index is -0.820. The van der Waals surface area contributed by atoms with Gasteiger partial charge in [0.1, 0.15) is 6.04 Å². The van der Waals surface area contributed by atoms with Gasteiger partial charge in [-0.3, -0.25) is 4.79 Å². The van der Waals surface area contributed by atoms with Gasteiger partial charge in [-0.05, 0) is 43.0 Å². The molecule has 2 atom stereocenters. The Balaban J connectivity index is 2.51. The Bertz CT molecular complexity index is 465. The van der Waals surface area contributed by atoms with Crippen LogP contribution < -0.4 is 10.1 Å². The highest BCUT2D eigenvalue weighted by atomic mass is 19.1. The Kier molecular flexibility index (Phi) is 7.15. The fraction of sp³-hybridized carbons (Fsp3) is 0.562. The lowest BCUT2D eigenvalue weighted by Gasteiger charge is -2.18. The van der Waals surface area contributed by atoms with Gasteiger partial charge < -0.3 is 15.2 Å². The van der Waals surface area contributed by atoms with Crippen molar-refractivity contribution in [3.8, 4) is 5.75 Å². The number of methoxy groups -OCH3 is 1. The molecule has 0 spiro atoms. The first kappa shape index (κ1) is 17.4. The highest BCUT2D eigenvalue weighted by Crippen LogP contribution is 2.19. The fourth-order valence-corrected chi connectivity index (χ4v) is 2.26. The first-order chi connectivity index (χ1) is 9.97. The van der Waals surface area contributed by atoms with E-state index in [0.717, 1.165) is 12.0 Å². The van der Waals surface area contributed by atoms with Crippen LogP contribution in [0.15, 0.2) is 18.2 Å². The maximum atomic E-state index is 13.6. The first-order valence-corrected chi connectivity index (χ1v) is 7.26. The zero-order valence-corrected chi connectivity index (χ0v) is 12.9. The maximum Gasteiger partial charge on any atom is 0.320 e. The summed E-state index contributed by atoms with van der Waals surface area (Å²) in [4.78, 5) is 11.0. The Morgan fingerprint density at radius 1 is 1.48 bits per heavy atom. The lowest BCUT2D eigenvalue weighted by molar-refractivity contribution is -0.139. The summed E-state index contributed by atoms with van der Waals surface area (Å²) in [7, 11) is 1.43. The van der Waals surface area contributed by atoms with E-state index < -0.39 is 12.0 Å². The molecule has 0 radical (unpaired) electrons.